The third-order valence-corrected chi connectivity index (χ3v) is 5.97. The van der Waals surface area contributed by atoms with Gasteiger partial charge < -0.3 is 9.84 Å². The van der Waals surface area contributed by atoms with E-state index in [9.17, 15) is 5.11 Å². The van der Waals surface area contributed by atoms with Crippen LogP contribution in [0.3, 0.4) is 0 Å². The summed E-state index contributed by atoms with van der Waals surface area (Å²) >= 11 is 0. The highest BCUT2D eigenvalue weighted by atomic mass is 16.6. The fraction of sp³-hybridized carbons (Fsp3) is 0.579. The minimum Gasteiger partial charge on any atom is -0.508 e. The number of epoxide rings is 1. The van der Waals surface area contributed by atoms with E-state index in [0.29, 0.717) is 17.6 Å². The molecule has 1 N–H and O–H groups in total. The van der Waals surface area contributed by atoms with Crippen LogP contribution < -0.4 is 0 Å². The number of benzene rings is 1. The highest BCUT2D eigenvalue weighted by molar-refractivity contribution is 5.64. The van der Waals surface area contributed by atoms with E-state index < -0.39 is 0 Å². The molecule has 2 nitrogen and oxygen atoms in total. The Balaban J connectivity index is 1.86. The fourth-order valence-electron chi connectivity index (χ4n) is 4.67. The van der Waals surface area contributed by atoms with Crippen LogP contribution in [0.4, 0.5) is 0 Å². The molecule has 4 rings (SSSR count). The molecule has 1 spiro atoms. The summed E-state index contributed by atoms with van der Waals surface area (Å²) in [6.45, 7) is 7.53. The largest absolute Gasteiger partial charge is 0.508 e. The van der Waals surface area contributed by atoms with E-state index in [1.54, 1.807) is 0 Å². The normalized spacial score (nSPS) is 36.7. The summed E-state index contributed by atoms with van der Waals surface area (Å²) in [4.78, 5) is 0. The molecule has 0 amide bonds. The zero-order valence-corrected chi connectivity index (χ0v) is 13.1. The van der Waals surface area contributed by atoms with E-state index in [4.69, 9.17) is 4.74 Å². The van der Waals surface area contributed by atoms with Crippen LogP contribution in [0.5, 0.6) is 5.75 Å². The van der Waals surface area contributed by atoms with E-state index in [2.05, 4.69) is 39.0 Å². The smallest absolute Gasteiger partial charge is 0.119 e. The van der Waals surface area contributed by atoms with Crippen LogP contribution in [0.1, 0.15) is 62.6 Å². The number of fused-ring (bicyclic) bond motifs is 4. The number of ether oxygens (including phenoxy) is 1. The van der Waals surface area contributed by atoms with Crippen molar-refractivity contribution < 1.29 is 9.84 Å². The summed E-state index contributed by atoms with van der Waals surface area (Å²) < 4.78 is 5.87. The predicted octanol–water partition coefficient (Wildman–Crippen LogP) is 4.37. The molecular formula is C19H24O2. The van der Waals surface area contributed by atoms with Gasteiger partial charge in [-0.05, 0) is 54.0 Å². The average Bonchev–Trinajstić information content (AvgIpc) is 3.19. The third kappa shape index (κ3) is 1.75. The number of phenolic OH excluding ortho intramolecular Hbond substituents is 1. The highest BCUT2D eigenvalue weighted by Crippen LogP contribution is 2.58. The van der Waals surface area contributed by atoms with Crippen LogP contribution >= 0.6 is 0 Å². The minimum atomic E-state index is 0.0908. The predicted molar refractivity (Wildman–Crippen MR) is 84.6 cm³/mol. The second kappa shape index (κ2) is 4.13. The van der Waals surface area contributed by atoms with E-state index in [-0.39, 0.29) is 11.0 Å². The molecular weight excluding hydrogens is 260 g/mol. The van der Waals surface area contributed by atoms with Gasteiger partial charge in [0, 0.05) is 11.3 Å². The van der Waals surface area contributed by atoms with Crippen molar-refractivity contribution in [2.75, 3.05) is 6.61 Å². The lowest BCUT2D eigenvalue weighted by atomic mass is 9.56. The number of hydrogen-bond donors (Lipinski definition) is 1. The molecule has 3 atom stereocenters. The SMILES string of the molecule is CC(C)c1cc2c(cc1O)[C@@]1(C)CCC[C@]3(CO3)C1C=C2. The molecule has 1 unspecified atom stereocenters. The van der Waals surface area contributed by atoms with Gasteiger partial charge in [0.05, 0.1) is 12.2 Å². The Kier molecular flexibility index (Phi) is 2.63. The van der Waals surface area contributed by atoms with Crippen molar-refractivity contribution in [3.05, 3.63) is 34.9 Å². The number of hydrogen-bond acceptors (Lipinski definition) is 2. The van der Waals surface area contributed by atoms with Crippen LogP contribution in [-0.4, -0.2) is 17.3 Å². The second-order valence-electron chi connectivity index (χ2n) is 7.61. The first-order chi connectivity index (χ1) is 9.96. The van der Waals surface area contributed by atoms with E-state index in [1.165, 1.54) is 30.4 Å². The summed E-state index contributed by atoms with van der Waals surface area (Å²) in [7, 11) is 0. The molecule has 1 saturated heterocycles. The van der Waals surface area contributed by atoms with Crippen LogP contribution in [-0.2, 0) is 10.2 Å². The molecule has 2 fully saturated rings. The molecule has 0 aromatic heterocycles. The number of aromatic hydroxyl groups is 1. The Morgan fingerprint density at radius 3 is 2.71 bits per heavy atom. The summed E-state index contributed by atoms with van der Waals surface area (Å²) in [5, 5.41) is 10.4. The lowest BCUT2D eigenvalue weighted by Gasteiger charge is -2.47. The van der Waals surface area contributed by atoms with Crippen molar-refractivity contribution in [1.29, 1.82) is 0 Å². The molecule has 2 heteroatoms. The van der Waals surface area contributed by atoms with Gasteiger partial charge in [-0.3, -0.25) is 0 Å². The molecule has 1 aliphatic heterocycles. The van der Waals surface area contributed by atoms with E-state index in [0.717, 1.165) is 12.2 Å². The molecule has 21 heavy (non-hydrogen) atoms. The van der Waals surface area contributed by atoms with Gasteiger partial charge in [0.1, 0.15) is 5.75 Å². The Morgan fingerprint density at radius 2 is 2.05 bits per heavy atom. The van der Waals surface area contributed by atoms with Gasteiger partial charge in [0.25, 0.3) is 0 Å². The monoisotopic (exact) mass is 284 g/mol. The van der Waals surface area contributed by atoms with Gasteiger partial charge in [0.15, 0.2) is 0 Å². The molecule has 1 heterocycles. The van der Waals surface area contributed by atoms with Gasteiger partial charge in [-0.25, -0.2) is 0 Å². The standard InChI is InChI=1S/C19H24O2/c1-12(2)14-9-13-5-6-17-18(3,15(13)10-16(14)20)7-4-8-19(17)11-21-19/h5-6,9-10,12,17,20H,4,7-8,11H2,1-3H3/t17?,18-,19+/m1/s1. The van der Waals surface area contributed by atoms with Crippen molar-refractivity contribution in [2.24, 2.45) is 5.92 Å². The zero-order chi connectivity index (χ0) is 14.8. The zero-order valence-electron chi connectivity index (χ0n) is 13.1. The summed E-state index contributed by atoms with van der Waals surface area (Å²) in [5.41, 5.74) is 3.84. The maximum absolute atomic E-state index is 10.4. The first kappa shape index (κ1) is 13.4. The van der Waals surface area contributed by atoms with E-state index >= 15 is 0 Å². The van der Waals surface area contributed by atoms with Gasteiger partial charge in [0.2, 0.25) is 0 Å². The van der Waals surface area contributed by atoms with Crippen molar-refractivity contribution in [1.82, 2.24) is 0 Å². The molecule has 0 radical (unpaired) electrons. The summed E-state index contributed by atoms with van der Waals surface area (Å²) in [6, 6.07) is 4.21. The molecule has 0 bridgehead atoms. The molecule has 1 aromatic rings. The van der Waals surface area contributed by atoms with Crippen molar-refractivity contribution in [3.8, 4) is 5.75 Å². The van der Waals surface area contributed by atoms with Crippen LogP contribution in [0, 0.1) is 5.92 Å². The van der Waals surface area contributed by atoms with E-state index in [1.807, 2.05) is 6.07 Å². The molecule has 1 saturated carbocycles. The second-order valence-corrected chi connectivity index (χ2v) is 7.61. The quantitative estimate of drug-likeness (QED) is 0.777. The Labute approximate surface area is 126 Å². The Hall–Kier alpha value is -1.28. The van der Waals surface area contributed by atoms with Crippen LogP contribution in [0.25, 0.3) is 6.08 Å². The summed E-state index contributed by atoms with van der Waals surface area (Å²) in [5.74, 6) is 1.25. The van der Waals surface area contributed by atoms with Crippen LogP contribution in [0.15, 0.2) is 18.2 Å². The number of phenols is 1. The lowest BCUT2D eigenvalue weighted by molar-refractivity contribution is 0.115. The maximum atomic E-state index is 10.4. The maximum Gasteiger partial charge on any atom is 0.119 e. The van der Waals surface area contributed by atoms with Gasteiger partial charge in [-0.2, -0.15) is 0 Å². The number of rotatable bonds is 1. The van der Waals surface area contributed by atoms with Crippen molar-refractivity contribution >= 4 is 6.08 Å². The third-order valence-electron chi connectivity index (χ3n) is 5.97. The fourth-order valence-corrected chi connectivity index (χ4v) is 4.67. The lowest BCUT2D eigenvalue weighted by Crippen LogP contribution is -2.46. The summed E-state index contributed by atoms with van der Waals surface area (Å²) in [6.07, 6.45) is 8.20. The topological polar surface area (TPSA) is 32.8 Å². The van der Waals surface area contributed by atoms with Gasteiger partial charge in [-0.1, -0.05) is 32.9 Å². The Morgan fingerprint density at radius 1 is 1.29 bits per heavy atom. The highest BCUT2D eigenvalue weighted by Gasteiger charge is 2.60. The molecule has 1 aromatic carbocycles. The van der Waals surface area contributed by atoms with Crippen molar-refractivity contribution in [3.63, 3.8) is 0 Å². The Bertz CT molecular complexity index is 625. The minimum absolute atomic E-state index is 0.0908. The van der Waals surface area contributed by atoms with Crippen molar-refractivity contribution in [2.45, 2.75) is 57.0 Å². The molecule has 3 aliphatic rings. The van der Waals surface area contributed by atoms with Gasteiger partial charge in [-0.15, -0.1) is 0 Å². The molecule has 112 valence electrons. The first-order valence-corrected chi connectivity index (χ1v) is 8.16. The van der Waals surface area contributed by atoms with Crippen LogP contribution in [0.2, 0.25) is 0 Å². The average molecular weight is 284 g/mol. The molecule has 2 aliphatic carbocycles. The van der Waals surface area contributed by atoms with Gasteiger partial charge >= 0.3 is 0 Å². The first-order valence-electron chi connectivity index (χ1n) is 8.16.